The van der Waals surface area contributed by atoms with Crippen molar-refractivity contribution in [2.45, 2.75) is 32.7 Å². The highest BCUT2D eigenvalue weighted by atomic mass is 16.5. The first-order valence-corrected chi connectivity index (χ1v) is 5.65. The summed E-state index contributed by atoms with van der Waals surface area (Å²) in [5.41, 5.74) is 15.0. The minimum atomic E-state index is -0.0941. The molecule has 1 aromatic carbocycles. The topological polar surface area (TPSA) is 61.3 Å². The van der Waals surface area contributed by atoms with Crippen molar-refractivity contribution >= 4 is 0 Å². The van der Waals surface area contributed by atoms with E-state index in [4.69, 9.17) is 16.2 Å². The van der Waals surface area contributed by atoms with Crippen LogP contribution in [-0.4, -0.2) is 13.7 Å². The van der Waals surface area contributed by atoms with Crippen LogP contribution in [0.2, 0.25) is 0 Å². The van der Waals surface area contributed by atoms with Gasteiger partial charge in [0.1, 0.15) is 5.75 Å². The van der Waals surface area contributed by atoms with Gasteiger partial charge in [-0.15, -0.1) is 0 Å². The molecule has 0 amide bonds. The Hall–Kier alpha value is -1.06. The van der Waals surface area contributed by atoms with Gasteiger partial charge in [-0.1, -0.05) is 13.8 Å². The Morgan fingerprint density at radius 2 is 1.88 bits per heavy atom. The number of rotatable bonds is 4. The van der Waals surface area contributed by atoms with Crippen molar-refractivity contribution in [2.75, 3.05) is 13.7 Å². The summed E-state index contributed by atoms with van der Waals surface area (Å²) in [6.45, 7) is 6.79. The summed E-state index contributed by atoms with van der Waals surface area (Å²) in [6, 6.07) is 4.07. The van der Waals surface area contributed by atoms with Gasteiger partial charge in [0.2, 0.25) is 0 Å². The van der Waals surface area contributed by atoms with Gasteiger partial charge in [-0.3, -0.25) is 0 Å². The fourth-order valence-corrected chi connectivity index (χ4v) is 1.87. The molecular weight excluding hydrogens is 200 g/mol. The first-order valence-electron chi connectivity index (χ1n) is 5.65. The van der Waals surface area contributed by atoms with Crippen LogP contribution in [0, 0.1) is 6.92 Å². The molecule has 0 saturated carbocycles. The highest BCUT2D eigenvalue weighted by molar-refractivity contribution is 5.45. The lowest BCUT2D eigenvalue weighted by atomic mass is 9.93. The zero-order valence-electron chi connectivity index (χ0n) is 10.6. The maximum atomic E-state index is 5.99. The van der Waals surface area contributed by atoms with Gasteiger partial charge >= 0.3 is 0 Å². The average molecular weight is 222 g/mol. The first-order chi connectivity index (χ1) is 7.51. The lowest BCUT2D eigenvalue weighted by Crippen LogP contribution is -2.22. The molecule has 3 heteroatoms. The Bertz CT molecular complexity index is 361. The molecule has 0 saturated heterocycles. The van der Waals surface area contributed by atoms with Crippen molar-refractivity contribution in [1.82, 2.24) is 0 Å². The Kier molecular flexibility index (Phi) is 4.33. The summed E-state index contributed by atoms with van der Waals surface area (Å²) in [4.78, 5) is 0. The molecule has 0 fully saturated rings. The van der Waals surface area contributed by atoms with Crippen LogP contribution in [0.25, 0.3) is 0 Å². The Labute approximate surface area is 97.8 Å². The lowest BCUT2D eigenvalue weighted by molar-refractivity contribution is 0.407. The second-order valence-corrected chi connectivity index (χ2v) is 4.45. The van der Waals surface area contributed by atoms with E-state index in [1.807, 2.05) is 13.0 Å². The molecular formula is C13H22N2O. The van der Waals surface area contributed by atoms with E-state index in [9.17, 15) is 0 Å². The third-order valence-electron chi connectivity index (χ3n) is 2.89. The number of aryl methyl sites for hydroxylation is 1. The van der Waals surface area contributed by atoms with E-state index in [0.29, 0.717) is 12.5 Å². The third kappa shape index (κ3) is 2.54. The fourth-order valence-electron chi connectivity index (χ4n) is 1.87. The van der Waals surface area contributed by atoms with Crippen LogP contribution in [0.15, 0.2) is 12.1 Å². The number of nitrogens with two attached hydrogens (primary N) is 2. The second-order valence-electron chi connectivity index (χ2n) is 4.45. The minimum Gasteiger partial charge on any atom is -0.496 e. The smallest absolute Gasteiger partial charge is 0.122 e. The summed E-state index contributed by atoms with van der Waals surface area (Å²) < 4.78 is 5.38. The minimum absolute atomic E-state index is 0.0941. The largest absolute Gasteiger partial charge is 0.496 e. The molecule has 0 aliphatic heterocycles. The molecule has 0 aromatic heterocycles. The van der Waals surface area contributed by atoms with Crippen molar-refractivity contribution in [2.24, 2.45) is 11.5 Å². The molecule has 0 spiro atoms. The van der Waals surface area contributed by atoms with Gasteiger partial charge in [0.15, 0.2) is 0 Å². The molecule has 1 unspecified atom stereocenters. The number of ether oxygens (including phenoxy) is 1. The molecule has 4 N–H and O–H groups in total. The Morgan fingerprint density at radius 3 is 2.31 bits per heavy atom. The van der Waals surface area contributed by atoms with Crippen LogP contribution in [0.4, 0.5) is 0 Å². The van der Waals surface area contributed by atoms with Gasteiger partial charge in [0.25, 0.3) is 0 Å². The molecule has 3 nitrogen and oxygen atoms in total. The maximum absolute atomic E-state index is 5.99. The monoisotopic (exact) mass is 222 g/mol. The van der Waals surface area contributed by atoms with Crippen molar-refractivity contribution in [3.63, 3.8) is 0 Å². The van der Waals surface area contributed by atoms with Gasteiger partial charge in [-0.05, 0) is 41.7 Å². The van der Waals surface area contributed by atoms with Gasteiger partial charge in [0.05, 0.1) is 7.11 Å². The standard InChI is InChI=1S/C13H22N2O/c1-8(2)10-6-11(12(15)7-14)9(3)5-13(10)16-4/h5-6,8,12H,7,14-15H2,1-4H3. The van der Waals surface area contributed by atoms with E-state index >= 15 is 0 Å². The number of methoxy groups -OCH3 is 1. The average Bonchev–Trinajstić information content (AvgIpc) is 2.27. The van der Waals surface area contributed by atoms with E-state index in [0.717, 1.165) is 16.9 Å². The van der Waals surface area contributed by atoms with E-state index < -0.39 is 0 Å². The van der Waals surface area contributed by atoms with Crippen LogP contribution < -0.4 is 16.2 Å². The lowest BCUT2D eigenvalue weighted by Gasteiger charge is -2.19. The Balaban J connectivity index is 3.27. The van der Waals surface area contributed by atoms with Gasteiger partial charge in [-0.2, -0.15) is 0 Å². The predicted molar refractivity (Wildman–Crippen MR) is 67.8 cm³/mol. The zero-order chi connectivity index (χ0) is 12.3. The van der Waals surface area contributed by atoms with Crippen molar-refractivity contribution in [3.05, 3.63) is 28.8 Å². The Morgan fingerprint density at radius 1 is 1.25 bits per heavy atom. The van der Waals surface area contributed by atoms with Crippen LogP contribution in [0.1, 0.15) is 42.5 Å². The molecule has 0 bridgehead atoms. The van der Waals surface area contributed by atoms with Crippen LogP contribution in [-0.2, 0) is 0 Å². The molecule has 0 radical (unpaired) electrons. The quantitative estimate of drug-likeness (QED) is 0.820. The molecule has 1 rings (SSSR count). The third-order valence-corrected chi connectivity index (χ3v) is 2.89. The SMILES string of the molecule is COc1cc(C)c(C(N)CN)cc1C(C)C. The van der Waals surface area contributed by atoms with Crippen LogP contribution in [0.3, 0.4) is 0 Å². The number of benzene rings is 1. The van der Waals surface area contributed by atoms with Gasteiger partial charge in [-0.25, -0.2) is 0 Å². The zero-order valence-corrected chi connectivity index (χ0v) is 10.6. The summed E-state index contributed by atoms with van der Waals surface area (Å²) in [7, 11) is 1.70. The highest BCUT2D eigenvalue weighted by Gasteiger charge is 2.14. The molecule has 0 heterocycles. The van der Waals surface area contributed by atoms with Crippen LogP contribution >= 0.6 is 0 Å². The molecule has 16 heavy (non-hydrogen) atoms. The van der Waals surface area contributed by atoms with Crippen LogP contribution in [0.5, 0.6) is 5.75 Å². The summed E-state index contributed by atoms with van der Waals surface area (Å²) in [5, 5.41) is 0. The molecule has 90 valence electrons. The van der Waals surface area contributed by atoms with Crippen molar-refractivity contribution in [1.29, 1.82) is 0 Å². The second kappa shape index (κ2) is 5.32. The van der Waals surface area contributed by atoms with Crippen molar-refractivity contribution in [3.8, 4) is 5.75 Å². The molecule has 0 aliphatic rings. The van der Waals surface area contributed by atoms with E-state index in [-0.39, 0.29) is 6.04 Å². The molecule has 0 aliphatic carbocycles. The van der Waals surface area contributed by atoms with Crippen molar-refractivity contribution < 1.29 is 4.74 Å². The van der Waals surface area contributed by atoms with Gasteiger partial charge < -0.3 is 16.2 Å². The summed E-state index contributed by atoms with van der Waals surface area (Å²) >= 11 is 0. The first kappa shape index (κ1) is 13.0. The number of hydrogen-bond acceptors (Lipinski definition) is 3. The molecule has 1 atom stereocenters. The fraction of sp³-hybridized carbons (Fsp3) is 0.538. The van der Waals surface area contributed by atoms with E-state index in [2.05, 4.69) is 19.9 Å². The van der Waals surface area contributed by atoms with E-state index in [1.165, 1.54) is 5.56 Å². The normalized spacial score (nSPS) is 12.9. The summed E-state index contributed by atoms with van der Waals surface area (Å²) in [5.74, 6) is 1.35. The predicted octanol–water partition coefficient (Wildman–Crippen LogP) is 2.09. The van der Waals surface area contributed by atoms with Gasteiger partial charge in [0, 0.05) is 12.6 Å². The maximum Gasteiger partial charge on any atom is 0.122 e. The summed E-state index contributed by atoms with van der Waals surface area (Å²) in [6.07, 6.45) is 0. The van der Waals surface area contributed by atoms with E-state index in [1.54, 1.807) is 7.11 Å². The highest BCUT2D eigenvalue weighted by Crippen LogP contribution is 2.31. The molecule has 1 aromatic rings. The number of hydrogen-bond donors (Lipinski definition) is 2.